The Kier molecular flexibility index (Phi) is 2.29. The van der Waals surface area contributed by atoms with E-state index in [2.05, 4.69) is 18.8 Å². The van der Waals surface area contributed by atoms with E-state index in [4.69, 9.17) is 11.6 Å². The summed E-state index contributed by atoms with van der Waals surface area (Å²) < 4.78 is 0. The molecule has 13 heavy (non-hydrogen) atoms. The van der Waals surface area contributed by atoms with Crippen LogP contribution in [0.3, 0.4) is 0 Å². The number of halogens is 1. The SMILES string of the molecule is Cc1cc(Cl)nc2c1C(C)CCC2. The first-order valence-corrected chi connectivity index (χ1v) is 5.22. The van der Waals surface area contributed by atoms with E-state index in [9.17, 15) is 0 Å². The van der Waals surface area contributed by atoms with Crippen LogP contribution in [0, 0.1) is 6.92 Å². The van der Waals surface area contributed by atoms with Gasteiger partial charge < -0.3 is 0 Å². The first-order valence-electron chi connectivity index (χ1n) is 4.84. The van der Waals surface area contributed by atoms with Gasteiger partial charge >= 0.3 is 0 Å². The average molecular weight is 196 g/mol. The number of aromatic nitrogens is 1. The molecule has 1 atom stereocenters. The van der Waals surface area contributed by atoms with Crippen molar-refractivity contribution in [2.45, 2.75) is 39.0 Å². The van der Waals surface area contributed by atoms with Crippen LogP contribution in [0.25, 0.3) is 0 Å². The van der Waals surface area contributed by atoms with Crippen LogP contribution in [0.15, 0.2) is 6.07 Å². The highest BCUT2D eigenvalue weighted by molar-refractivity contribution is 6.29. The van der Waals surface area contributed by atoms with Gasteiger partial charge in [0.2, 0.25) is 0 Å². The molecule has 1 aliphatic rings. The molecule has 1 aliphatic carbocycles. The van der Waals surface area contributed by atoms with Crippen molar-refractivity contribution < 1.29 is 0 Å². The van der Waals surface area contributed by atoms with Crippen LogP contribution in [0.5, 0.6) is 0 Å². The van der Waals surface area contributed by atoms with Crippen molar-refractivity contribution in [2.75, 3.05) is 0 Å². The summed E-state index contributed by atoms with van der Waals surface area (Å²) in [5.41, 5.74) is 3.97. The summed E-state index contributed by atoms with van der Waals surface area (Å²) in [6.45, 7) is 4.41. The van der Waals surface area contributed by atoms with Gasteiger partial charge in [-0.2, -0.15) is 0 Å². The Labute approximate surface area is 84.1 Å². The predicted molar refractivity (Wildman–Crippen MR) is 55.3 cm³/mol. The minimum Gasteiger partial charge on any atom is -0.241 e. The Morgan fingerprint density at radius 3 is 3.08 bits per heavy atom. The number of fused-ring (bicyclic) bond motifs is 1. The normalized spacial score (nSPS) is 21.3. The summed E-state index contributed by atoms with van der Waals surface area (Å²) in [7, 11) is 0. The van der Waals surface area contributed by atoms with Crippen molar-refractivity contribution in [3.8, 4) is 0 Å². The third-order valence-corrected chi connectivity index (χ3v) is 3.05. The summed E-state index contributed by atoms with van der Waals surface area (Å²) in [6.07, 6.45) is 3.64. The molecule has 1 aromatic heterocycles. The zero-order chi connectivity index (χ0) is 9.42. The molecule has 0 saturated heterocycles. The highest BCUT2D eigenvalue weighted by Gasteiger charge is 2.19. The van der Waals surface area contributed by atoms with Gasteiger partial charge in [-0.3, -0.25) is 0 Å². The largest absolute Gasteiger partial charge is 0.241 e. The minimum atomic E-state index is 0.644. The molecule has 1 aromatic rings. The fourth-order valence-corrected chi connectivity index (χ4v) is 2.55. The lowest BCUT2D eigenvalue weighted by atomic mass is 9.84. The second-order valence-electron chi connectivity index (χ2n) is 3.92. The van der Waals surface area contributed by atoms with Crippen molar-refractivity contribution in [3.63, 3.8) is 0 Å². The molecule has 2 heteroatoms. The van der Waals surface area contributed by atoms with Gasteiger partial charge in [-0.1, -0.05) is 18.5 Å². The standard InChI is InChI=1S/C11H14ClN/c1-7-4-3-5-9-11(7)8(2)6-10(12)13-9/h6-7H,3-5H2,1-2H3. The fraction of sp³-hybridized carbons (Fsp3) is 0.545. The van der Waals surface area contributed by atoms with E-state index in [1.165, 1.54) is 29.7 Å². The first-order chi connectivity index (χ1) is 6.18. The van der Waals surface area contributed by atoms with E-state index in [0.29, 0.717) is 11.1 Å². The number of hydrogen-bond acceptors (Lipinski definition) is 1. The lowest BCUT2D eigenvalue weighted by molar-refractivity contribution is 0.575. The van der Waals surface area contributed by atoms with Gasteiger partial charge in [-0.05, 0) is 49.3 Å². The highest BCUT2D eigenvalue weighted by Crippen LogP contribution is 2.33. The average Bonchev–Trinajstić information content (AvgIpc) is 2.02. The summed E-state index contributed by atoms with van der Waals surface area (Å²) >= 11 is 5.92. The zero-order valence-corrected chi connectivity index (χ0v) is 8.86. The number of hydrogen-bond donors (Lipinski definition) is 0. The molecule has 0 amide bonds. The van der Waals surface area contributed by atoms with E-state index < -0.39 is 0 Å². The van der Waals surface area contributed by atoms with Crippen LogP contribution in [0.1, 0.15) is 42.5 Å². The molecule has 1 nitrogen and oxygen atoms in total. The Bertz CT molecular complexity index is 333. The molecule has 1 unspecified atom stereocenters. The van der Waals surface area contributed by atoms with Gasteiger partial charge in [-0.25, -0.2) is 4.98 Å². The molecular weight excluding hydrogens is 182 g/mol. The molecule has 2 rings (SSSR count). The number of nitrogens with zero attached hydrogens (tertiary/aromatic N) is 1. The van der Waals surface area contributed by atoms with Crippen molar-refractivity contribution >= 4 is 11.6 Å². The van der Waals surface area contributed by atoms with Gasteiger partial charge in [0.15, 0.2) is 0 Å². The Morgan fingerprint density at radius 2 is 2.31 bits per heavy atom. The smallest absolute Gasteiger partial charge is 0.129 e. The molecule has 0 spiro atoms. The van der Waals surface area contributed by atoms with E-state index >= 15 is 0 Å². The summed E-state index contributed by atoms with van der Waals surface area (Å²) in [4.78, 5) is 4.39. The van der Waals surface area contributed by atoms with E-state index in [1.54, 1.807) is 0 Å². The molecule has 0 fully saturated rings. The second kappa shape index (κ2) is 3.30. The van der Waals surface area contributed by atoms with Gasteiger partial charge in [0.1, 0.15) is 5.15 Å². The van der Waals surface area contributed by atoms with Crippen LogP contribution in [0.2, 0.25) is 5.15 Å². The molecule has 0 bridgehead atoms. The maximum absolute atomic E-state index is 5.92. The third-order valence-electron chi connectivity index (χ3n) is 2.86. The van der Waals surface area contributed by atoms with Crippen LogP contribution in [0.4, 0.5) is 0 Å². The lowest BCUT2D eigenvalue weighted by Gasteiger charge is -2.23. The van der Waals surface area contributed by atoms with E-state index in [0.717, 1.165) is 6.42 Å². The Hall–Kier alpha value is -0.560. The quantitative estimate of drug-likeness (QED) is 0.578. The van der Waals surface area contributed by atoms with Crippen LogP contribution in [-0.2, 0) is 6.42 Å². The molecule has 0 aliphatic heterocycles. The molecule has 0 saturated carbocycles. The highest BCUT2D eigenvalue weighted by atomic mass is 35.5. The monoisotopic (exact) mass is 195 g/mol. The Morgan fingerprint density at radius 1 is 1.54 bits per heavy atom. The van der Waals surface area contributed by atoms with Gasteiger partial charge in [0.25, 0.3) is 0 Å². The first kappa shape index (κ1) is 9.01. The summed E-state index contributed by atoms with van der Waals surface area (Å²) in [5.74, 6) is 0.661. The number of pyridine rings is 1. The van der Waals surface area contributed by atoms with Crippen molar-refractivity contribution in [1.82, 2.24) is 4.98 Å². The molecule has 70 valence electrons. The maximum atomic E-state index is 5.92. The minimum absolute atomic E-state index is 0.644. The number of rotatable bonds is 0. The topological polar surface area (TPSA) is 12.9 Å². The van der Waals surface area contributed by atoms with Crippen molar-refractivity contribution in [2.24, 2.45) is 0 Å². The van der Waals surface area contributed by atoms with Crippen LogP contribution in [-0.4, -0.2) is 4.98 Å². The number of aryl methyl sites for hydroxylation is 2. The van der Waals surface area contributed by atoms with E-state index in [1.807, 2.05) is 6.07 Å². The van der Waals surface area contributed by atoms with Gasteiger partial charge in [0, 0.05) is 5.69 Å². The predicted octanol–water partition coefficient (Wildman–Crippen LogP) is 3.48. The Balaban J connectivity index is 2.56. The van der Waals surface area contributed by atoms with Crippen LogP contribution >= 0.6 is 11.6 Å². The maximum Gasteiger partial charge on any atom is 0.129 e. The van der Waals surface area contributed by atoms with E-state index in [-0.39, 0.29) is 0 Å². The van der Waals surface area contributed by atoms with Crippen LogP contribution < -0.4 is 0 Å². The zero-order valence-electron chi connectivity index (χ0n) is 8.10. The van der Waals surface area contributed by atoms with Gasteiger partial charge in [0.05, 0.1) is 0 Å². The summed E-state index contributed by atoms with van der Waals surface area (Å²) in [5, 5.41) is 0.644. The molecule has 0 N–H and O–H groups in total. The van der Waals surface area contributed by atoms with Gasteiger partial charge in [-0.15, -0.1) is 0 Å². The fourth-order valence-electron chi connectivity index (χ4n) is 2.29. The second-order valence-corrected chi connectivity index (χ2v) is 4.30. The molecular formula is C11H14ClN. The van der Waals surface area contributed by atoms with Crippen molar-refractivity contribution in [3.05, 3.63) is 28.0 Å². The summed E-state index contributed by atoms with van der Waals surface area (Å²) in [6, 6.07) is 1.97. The molecule has 0 radical (unpaired) electrons. The molecule has 1 heterocycles. The molecule has 0 aromatic carbocycles. The lowest BCUT2D eigenvalue weighted by Crippen LogP contribution is -2.11. The third kappa shape index (κ3) is 1.58. The van der Waals surface area contributed by atoms with Crippen molar-refractivity contribution in [1.29, 1.82) is 0 Å².